The molecule has 11 heavy (non-hydrogen) atoms. The smallest absolute Gasteiger partial charge is 0.0165 e. The molecule has 0 heteroatoms. The fourth-order valence-corrected chi connectivity index (χ4v) is 1.32. The number of hydrogen-bond acceptors (Lipinski definition) is 0. The van der Waals surface area contributed by atoms with Crippen LogP contribution in [0.5, 0.6) is 0 Å². The van der Waals surface area contributed by atoms with Gasteiger partial charge in [-0.15, -0.1) is 6.58 Å². The lowest BCUT2D eigenvalue weighted by Gasteiger charge is -1.87. The molecule has 0 amide bonds. The quantitative estimate of drug-likeness (QED) is 0.415. The van der Waals surface area contributed by atoms with Crippen molar-refractivity contribution in [2.75, 3.05) is 0 Å². The molecule has 0 aromatic carbocycles. The summed E-state index contributed by atoms with van der Waals surface area (Å²) < 4.78 is 0. The zero-order valence-electron chi connectivity index (χ0n) is 7.42. The highest BCUT2D eigenvalue weighted by molar-refractivity contribution is 5.08. The first kappa shape index (κ1) is 8.58. The highest BCUT2D eigenvalue weighted by Gasteiger charge is 2.31. The first-order chi connectivity index (χ1) is 5.38. The normalized spacial score (nSPS) is 29.2. The maximum absolute atomic E-state index is 3.78. The van der Waals surface area contributed by atoms with Gasteiger partial charge in [-0.25, -0.2) is 0 Å². The molecule has 0 saturated heterocycles. The zero-order chi connectivity index (χ0) is 8.10. The average Bonchev–Trinajstić information content (AvgIpc) is 2.77. The van der Waals surface area contributed by atoms with Gasteiger partial charge in [-0.1, -0.05) is 38.0 Å². The van der Waals surface area contributed by atoms with Crippen LogP contribution in [-0.4, -0.2) is 0 Å². The van der Waals surface area contributed by atoms with Gasteiger partial charge in [0.2, 0.25) is 0 Å². The molecule has 0 N–H and O–H groups in total. The van der Waals surface area contributed by atoms with Crippen molar-refractivity contribution in [2.45, 2.75) is 32.6 Å². The van der Waals surface area contributed by atoms with E-state index in [1.165, 1.54) is 25.7 Å². The van der Waals surface area contributed by atoms with E-state index in [9.17, 15) is 0 Å². The van der Waals surface area contributed by atoms with Crippen LogP contribution in [0.1, 0.15) is 32.6 Å². The monoisotopic (exact) mass is 150 g/mol. The number of rotatable bonds is 5. The third-order valence-electron chi connectivity index (χ3n) is 2.30. The molecular weight excluding hydrogens is 132 g/mol. The van der Waals surface area contributed by atoms with Crippen LogP contribution in [0, 0.1) is 11.8 Å². The molecule has 0 radical (unpaired) electrons. The number of unbranched alkanes of at least 4 members (excludes halogenated alkanes) is 2. The molecule has 0 bridgehead atoms. The fraction of sp³-hybridized carbons (Fsp3) is 0.636. The summed E-state index contributed by atoms with van der Waals surface area (Å²) in [4.78, 5) is 0. The molecule has 1 aliphatic carbocycles. The van der Waals surface area contributed by atoms with Gasteiger partial charge in [-0.3, -0.25) is 0 Å². The summed E-state index contributed by atoms with van der Waals surface area (Å²) >= 11 is 0. The van der Waals surface area contributed by atoms with E-state index in [1.807, 2.05) is 0 Å². The Labute approximate surface area is 70.0 Å². The summed E-state index contributed by atoms with van der Waals surface area (Å²) in [6.07, 6.45) is 12.0. The summed E-state index contributed by atoms with van der Waals surface area (Å²) in [7, 11) is 0. The number of hydrogen-bond donors (Lipinski definition) is 0. The minimum Gasteiger partial charge on any atom is -0.103 e. The molecule has 0 nitrogen and oxygen atoms in total. The topological polar surface area (TPSA) is 0 Å². The molecule has 1 rings (SSSR count). The van der Waals surface area contributed by atoms with E-state index in [0.29, 0.717) is 0 Å². The summed E-state index contributed by atoms with van der Waals surface area (Å²) in [5, 5.41) is 0. The second-order valence-corrected chi connectivity index (χ2v) is 3.37. The highest BCUT2D eigenvalue weighted by atomic mass is 14.3. The van der Waals surface area contributed by atoms with Gasteiger partial charge in [0.25, 0.3) is 0 Å². The Hall–Kier alpha value is -0.520. The predicted octanol–water partition coefficient (Wildman–Crippen LogP) is 3.55. The van der Waals surface area contributed by atoms with E-state index < -0.39 is 0 Å². The Morgan fingerprint density at radius 1 is 1.45 bits per heavy atom. The van der Waals surface area contributed by atoms with E-state index in [1.54, 1.807) is 0 Å². The van der Waals surface area contributed by atoms with Crippen molar-refractivity contribution < 1.29 is 0 Å². The Bertz CT molecular complexity index is 144. The maximum Gasteiger partial charge on any atom is -0.0165 e. The molecule has 0 heterocycles. The molecular formula is C11H18. The molecule has 62 valence electrons. The van der Waals surface area contributed by atoms with Gasteiger partial charge >= 0.3 is 0 Å². The third kappa shape index (κ3) is 2.92. The SMILES string of the molecule is C=C[C@H]1C[C@@H]1/C=C/CCCC. The molecule has 1 aliphatic rings. The predicted molar refractivity (Wildman–Crippen MR) is 50.5 cm³/mol. The standard InChI is InChI=1S/C11H18/c1-3-5-6-7-8-11-9-10(11)4-2/h4,7-8,10-11H,2-3,5-6,9H2,1H3/b8-7+/t10-,11-/m0/s1. The van der Waals surface area contributed by atoms with Gasteiger partial charge in [0.15, 0.2) is 0 Å². The lowest BCUT2D eigenvalue weighted by molar-refractivity contribution is 0.810. The van der Waals surface area contributed by atoms with Crippen molar-refractivity contribution in [1.29, 1.82) is 0 Å². The van der Waals surface area contributed by atoms with Crippen LogP contribution >= 0.6 is 0 Å². The van der Waals surface area contributed by atoms with Crippen molar-refractivity contribution in [3.63, 3.8) is 0 Å². The zero-order valence-corrected chi connectivity index (χ0v) is 7.42. The lowest BCUT2D eigenvalue weighted by atomic mass is 10.2. The van der Waals surface area contributed by atoms with Crippen LogP contribution in [-0.2, 0) is 0 Å². The third-order valence-corrected chi connectivity index (χ3v) is 2.30. The minimum absolute atomic E-state index is 0.799. The lowest BCUT2D eigenvalue weighted by Crippen LogP contribution is -1.71. The maximum atomic E-state index is 3.78. The van der Waals surface area contributed by atoms with E-state index in [0.717, 1.165) is 11.8 Å². The van der Waals surface area contributed by atoms with Gasteiger partial charge in [0.1, 0.15) is 0 Å². The molecule has 1 saturated carbocycles. The van der Waals surface area contributed by atoms with Crippen LogP contribution in [0.4, 0.5) is 0 Å². The van der Waals surface area contributed by atoms with Gasteiger partial charge in [-0.2, -0.15) is 0 Å². The van der Waals surface area contributed by atoms with Crippen LogP contribution in [0.3, 0.4) is 0 Å². The molecule has 0 unspecified atom stereocenters. The van der Waals surface area contributed by atoms with Gasteiger partial charge in [0, 0.05) is 0 Å². The first-order valence-electron chi connectivity index (χ1n) is 4.67. The summed E-state index contributed by atoms with van der Waals surface area (Å²) in [6, 6.07) is 0. The Morgan fingerprint density at radius 3 is 2.82 bits per heavy atom. The van der Waals surface area contributed by atoms with Gasteiger partial charge < -0.3 is 0 Å². The van der Waals surface area contributed by atoms with E-state index in [-0.39, 0.29) is 0 Å². The van der Waals surface area contributed by atoms with Crippen LogP contribution in [0.15, 0.2) is 24.8 Å². The summed E-state index contributed by atoms with van der Waals surface area (Å²) in [6.45, 7) is 6.02. The van der Waals surface area contributed by atoms with Crippen LogP contribution < -0.4 is 0 Å². The van der Waals surface area contributed by atoms with E-state index in [2.05, 4.69) is 31.7 Å². The first-order valence-corrected chi connectivity index (χ1v) is 4.67. The Morgan fingerprint density at radius 2 is 2.27 bits per heavy atom. The van der Waals surface area contributed by atoms with Crippen molar-refractivity contribution in [2.24, 2.45) is 11.8 Å². The summed E-state index contributed by atoms with van der Waals surface area (Å²) in [5.74, 6) is 1.64. The average molecular weight is 150 g/mol. The second kappa shape index (κ2) is 4.38. The summed E-state index contributed by atoms with van der Waals surface area (Å²) in [5.41, 5.74) is 0. The molecule has 2 atom stereocenters. The van der Waals surface area contributed by atoms with Gasteiger partial charge in [-0.05, 0) is 24.7 Å². The van der Waals surface area contributed by atoms with E-state index in [4.69, 9.17) is 0 Å². The van der Waals surface area contributed by atoms with Crippen molar-refractivity contribution in [1.82, 2.24) is 0 Å². The fourth-order valence-electron chi connectivity index (χ4n) is 1.32. The number of allylic oxidation sites excluding steroid dienone is 3. The minimum atomic E-state index is 0.799. The van der Waals surface area contributed by atoms with Crippen LogP contribution in [0.25, 0.3) is 0 Å². The Balaban J connectivity index is 2.03. The van der Waals surface area contributed by atoms with Crippen molar-refractivity contribution in [3.05, 3.63) is 24.8 Å². The van der Waals surface area contributed by atoms with Crippen molar-refractivity contribution in [3.8, 4) is 0 Å². The largest absolute Gasteiger partial charge is 0.103 e. The second-order valence-electron chi connectivity index (χ2n) is 3.37. The van der Waals surface area contributed by atoms with Crippen molar-refractivity contribution >= 4 is 0 Å². The molecule has 0 spiro atoms. The highest BCUT2D eigenvalue weighted by Crippen LogP contribution is 2.40. The molecule has 0 aromatic rings. The van der Waals surface area contributed by atoms with Gasteiger partial charge in [0.05, 0.1) is 0 Å². The molecule has 0 aromatic heterocycles. The van der Waals surface area contributed by atoms with Crippen LogP contribution in [0.2, 0.25) is 0 Å². The van der Waals surface area contributed by atoms with E-state index >= 15 is 0 Å². The molecule has 0 aliphatic heterocycles. The Kier molecular flexibility index (Phi) is 3.41. The molecule has 1 fully saturated rings.